The van der Waals surface area contributed by atoms with Crippen molar-refractivity contribution in [1.82, 2.24) is 4.90 Å². The minimum atomic E-state index is -4.87. The topological polar surface area (TPSA) is 91.8 Å². The van der Waals surface area contributed by atoms with E-state index in [1.54, 1.807) is 24.3 Å². The van der Waals surface area contributed by atoms with E-state index in [0.717, 1.165) is 10.5 Å². The van der Waals surface area contributed by atoms with E-state index in [-0.39, 0.29) is 0 Å². The molecule has 0 radical (unpaired) electrons. The normalized spacial score (nSPS) is 20.6. The third kappa shape index (κ3) is 3.21. The summed E-state index contributed by atoms with van der Waals surface area (Å²) >= 11 is 0. The van der Waals surface area contributed by atoms with E-state index < -0.39 is 46.4 Å². The van der Waals surface area contributed by atoms with Gasteiger partial charge in [-0.05, 0) is 12.5 Å². The first-order valence-electron chi connectivity index (χ1n) is 6.22. The zero-order chi connectivity index (χ0) is 15.8. The average molecular weight is 315 g/mol. The lowest BCUT2D eigenvalue weighted by Crippen LogP contribution is -2.36. The summed E-state index contributed by atoms with van der Waals surface area (Å²) in [6.45, 7) is 1.37. The molecule has 2 unspecified atom stereocenters. The molecule has 1 aliphatic rings. The Kier molecular flexibility index (Phi) is 3.99. The van der Waals surface area contributed by atoms with E-state index in [4.69, 9.17) is 0 Å². The van der Waals surface area contributed by atoms with Crippen LogP contribution in [0.3, 0.4) is 0 Å². The number of hydrogen-bond acceptors (Lipinski definition) is 4. The molecule has 0 spiro atoms. The fraction of sp³-hybridized carbons (Fsp3) is 0.385. The lowest BCUT2D eigenvalue weighted by molar-refractivity contribution is -0.148. The highest BCUT2D eigenvalue weighted by atomic mass is 32.3. The predicted molar refractivity (Wildman–Crippen MR) is 71.7 cm³/mol. The van der Waals surface area contributed by atoms with Gasteiger partial charge in [0.2, 0.25) is 5.91 Å². The van der Waals surface area contributed by atoms with Crippen molar-refractivity contribution in [3.63, 3.8) is 0 Å². The number of halogens is 1. The quantitative estimate of drug-likeness (QED) is 0.838. The summed E-state index contributed by atoms with van der Waals surface area (Å²) in [5.74, 6) is -1.97. The molecule has 0 aliphatic carbocycles. The summed E-state index contributed by atoms with van der Waals surface area (Å²) in [6.07, 6.45) is -0.533. The molecule has 0 saturated carbocycles. The number of benzene rings is 1. The van der Waals surface area contributed by atoms with Crippen LogP contribution in [-0.2, 0) is 19.8 Å². The fourth-order valence-electron chi connectivity index (χ4n) is 2.34. The smallest absolute Gasteiger partial charge is 0.331 e. The number of hydrogen-bond donors (Lipinski definition) is 1. The Hall–Kier alpha value is -1.96. The maximum atomic E-state index is 13.0. The molecular weight excluding hydrogens is 301 g/mol. The van der Waals surface area contributed by atoms with E-state index in [0.29, 0.717) is 5.56 Å². The molecular formula is C13H14FNO5S. The molecule has 1 amide bonds. The standard InChI is InChI=1S/C13H14FNO5S/c1-8-2-4-9(5-3-8)12(13(17)18)15-7-10(6-11(15)16)21(14,19)20/h2-5,10,12H,6-7H2,1H3,(H,17,18). The number of likely N-dealkylation sites (tertiary alicyclic amines) is 1. The molecule has 6 nitrogen and oxygen atoms in total. The molecule has 21 heavy (non-hydrogen) atoms. The second-order valence-corrected chi connectivity index (χ2v) is 6.62. The Labute approximate surface area is 121 Å². The first kappa shape index (κ1) is 15.4. The van der Waals surface area contributed by atoms with E-state index in [1.165, 1.54) is 0 Å². The van der Waals surface area contributed by atoms with Crippen molar-refractivity contribution in [2.75, 3.05) is 6.54 Å². The van der Waals surface area contributed by atoms with Crippen LogP contribution in [0.5, 0.6) is 0 Å². The molecule has 1 aromatic carbocycles. The zero-order valence-electron chi connectivity index (χ0n) is 11.2. The van der Waals surface area contributed by atoms with E-state index in [1.807, 2.05) is 6.92 Å². The second kappa shape index (κ2) is 5.44. The highest BCUT2D eigenvalue weighted by Crippen LogP contribution is 2.29. The van der Waals surface area contributed by atoms with Gasteiger partial charge in [-0.3, -0.25) is 4.79 Å². The summed E-state index contributed by atoms with van der Waals surface area (Å²) < 4.78 is 34.8. The lowest BCUT2D eigenvalue weighted by atomic mass is 10.0. The van der Waals surface area contributed by atoms with Crippen molar-refractivity contribution in [3.8, 4) is 0 Å². The van der Waals surface area contributed by atoms with Gasteiger partial charge in [-0.2, -0.15) is 8.42 Å². The van der Waals surface area contributed by atoms with Gasteiger partial charge < -0.3 is 10.0 Å². The summed E-state index contributed by atoms with van der Waals surface area (Å²) in [5.41, 5.74) is 1.26. The van der Waals surface area contributed by atoms with Gasteiger partial charge in [-0.1, -0.05) is 29.8 Å². The Morgan fingerprint density at radius 3 is 2.38 bits per heavy atom. The number of rotatable bonds is 4. The molecule has 1 heterocycles. The van der Waals surface area contributed by atoms with Crippen molar-refractivity contribution in [2.24, 2.45) is 0 Å². The number of aliphatic carboxylic acids is 1. The Balaban J connectivity index is 2.34. The number of amides is 1. The molecule has 0 bridgehead atoms. The average Bonchev–Trinajstić information content (AvgIpc) is 2.74. The molecule has 1 fully saturated rings. The van der Waals surface area contributed by atoms with Gasteiger partial charge in [0.05, 0.1) is 0 Å². The monoisotopic (exact) mass is 315 g/mol. The van der Waals surface area contributed by atoms with E-state index in [2.05, 4.69) is 0 Å². The summed E-state index contributed by atoms with van der Waals surface area (Å²) in [7, 11) is -4.87. The van der Waals surface area contributed by atoms with Crippen LogP contribution in [-0.4, -0.2) is 42.1 Å². The molecule has 2 rings (SSSR count). The Morgan fingerprint density at radius 2 is 1.95 bits per heavy atom. The third-order valence-electron chi connectivity index (χ3n) is 3.46. The van der Waals surface area contributed by atoms with Gasteiger partial charge in [-0.15, -0.1) is 3.89 Å². The van der Waals surface area contributed by atoms with Crippen LogP contribution in [0.4, 0.5) is 3.89 Å². The van der Waals surface area contributed by atoms with Gasteiger partial charge in [0, 0.05) is 13.0 Å². The number of carboxylic acid groups (broad SMARTS) is 1. The van der Waals surface area contributed by atoms with Gasteiger partial charge in [0.15, 0.2) is 6.04 Å². The van der Waals surface area contributed by atoms with Crippen LogP contribution in [0.2, 0.25) is 0 Å². The Bertz CT molecular complexity index is 670. The van der Waals surface area contributed by atoms with Crippen molar-refractivity contribution >= 4 is 22.1 Å². The third-order valence-corrected chi connectivity index (χ3v) is 4.57. The molecule has 0 aromatic heterocycles. The van der Waals surface area contributed by atoms with Crippen LogP contribution in [0, 0.1) is 6.92 Å². The van der Waals surface area contributed by atoms with Crippen LogP contribution < -0.4 is 0 Å². The molecule has 1 saturated heterocycles. The fourth-order valence-corrected chi connectivity index (χ4v) is 3.02. The van der Waals surface area contributed by atoms with E-state index in [9.17, 15) is 27.0 Å². The van der Waals surface area contributed by atoms with Crippen LogP contribution in [0.15, 0.2) is 24.3 Å². The van der Waals surface area contributed by atoms with Gasteiger partial charge in [-0.25, -0.2) is 4.79 Å². The van der Waals surface area contributed by atoms with Gasteiger partial charge >= 0.3 is 16.2 Å². The van der Waals surface area contributed by atoms with Gasteiger partial charge in [0.1, 0.15) is 5.25 Å². The van der Waals surface area contributed by atoms with Crippen LogP contribution in [0.1, 0.15) is 23.6 Å². The molecule has 2 atom stereocenters. The van der Waals surface area contributed by atoms with Crippen LogP contribution in [0.25, 0.3) is 0 Å². The number of carbonyl (C=O) groups excluding carboxylic acids is 1. The minimum absolute atomic E-state index is 0.346. The van der Waals surface area contributed by atoms with Crippen molar-refractivity contribution in [1.29, 1.82) is 0 Å². The second-order valence-electron chi connectivity index (χ2n) is 5.00. The lowest BCUT2D eigenvalue weighted by Gasteiger charge is -2.24. The Morgan fingerprint density at radius 1 is 1.38 bits per heavy atom. The highest BCUT2D eigenvalue weighted by molar-refractivity contribution is 7.87. The molecule has 1 aliphatic heterocycles. The predicted octanol–water partition coefficient (Wildman–Crippen LogP) is 1.02. The highest BCUT2D eigenvalue weighted by Gasteiger charge is 2.43. The molecule has 1 N–H and O–H groups in total. The zero-order valence-corrected chi connectivity index (χ0v) is 12.0. The minimum Gasteiger partial charge on any atom is -0.479 e. The molecule has 1 aromatic rings. The van der Waals surface area contributed by atoms with Gasteiger partial charge in [0.25, 0.3) is 0 Å². The number of carboxylic acids is 1. The summed E-state index contributed by atoms with van der Waals surface area (Å²) in [5, 5.41) is 7.82. The first-order valence-corrected chi connectivity index (χ1v) is 7.67. The maximum absolute atomic E-state index is 13.0. The van der Waals surface area contributed by atoms with E-state index >= 15 is 0 Å². The van der Waals surface area contributed by atoms with Crippen molar-refractivity contribution in [3.05, 3.63) is 35.4 Å². The van der Waals surface area contributed by atoms with Crippen molar-refractivity contribution < 1.29 is 27.0 Å². The van der Waals surface area contributed by atoms with Crippen molar-refractivity contribution in [2.45, 2.75) is 24.6 Å². The van der Waals surface area contributed by atoms with Crippen LogP contribution >= 0.6 is 0 Å². The largest absolute Gasteiger partial charge is 0.479 e. The molecule has 8 heteroatoms. The number of carbonyl (C=O) groups is 2. The maximum Gasteiger partial charge on any atom is 0.331 e. The first-order chi connectivity index (χ1) is 9.70. The number of nitrogens with zero attached hydrogens (tertiary/aromatic N) is 1. The number of aryl methyl sites for hydroxylation is 1. The SMILES string of the molecule is Cc1ccc(C(C(=O)O)N2CC(S(=O)(=O)F)CC2=O)cc1. The summed E-state index contributed by atoms with van der Waals surface area (Å²) in [6, 6.07) is 5.17. The summed E-state index contributed by atoms with van der Waals surface area (Å²) in [4.78, 5) is 24.2. The molecule has 114 valence electrons.